The first kappa shape index (κ1) is 15.6. The van der Waals surface area contributed by atoms with Crippen molar-refractivity contribution in [2.24, 2.45) is 5.92 Å². The maximum absolute atomic E-state index is 13.0. The quantitative estimate of drug-likeness (QED) is 0.799. The third kappa shape index (κ3) is 4.09. The van der Waals surface area contributed by atoms with Gasteiger partial charge in [-0.1, -0.05) is 17.7 Å². The molecule has 0 bridgehead atoms. The van der Waals surface area contributed by atoms with Crippen molar-refractivity contribution in [2.75, 3.05) is 0 Å². The molecule has 1 aromatic carbocycles. The Balaban J connectivity index is 1.80. The van der Waals surface area contributed by atoms with Crippen molar-refractivity contribution in [2.45, 2.75) is 44.4 Å². The SMILES string of the molecule is Fc1ccc(CNC2CCC(C(F)(F)F)CC2)cc1Cl. The Morgan fingerprint density at radius 3 is 2.35 bits per heavy atom. The number of hydrogen-bond acceptors (Lipinski definition) is 1. The van der Waals surface area contributed by atoms with E-state index < -0.39 is 17.9 Å². The molecule has 1 aliphatic rings. The highest BCUT2D eigenvalue weighted by molar-refractivity contribution is 6.30. The van der Waals surface area contributed by atoms with Crippen LogP contribution in [0.5, 0.6) is 0 Å². The summed E-state index contributed by atoms with van der Waals surface area (Å²) in [5.41, 5.74) is 0.828. The van der Waals surface area contributed by atoms with Crippen LogP contribution in [0, 0.1) is 11.7 Å². The molecule has 0 saturated heterocycles. The Bertz CT molecular complexity index is 453. The van der Waals surface area contributed by atoms with Gasteiger partial charge in [0.1, 0.15) is 5.82 Å². The van der Waals surface area contributed by atoms with Gasteiger partial charge in [0.25, 0.3) is 0 Å². The molecule has 6 heteroatoms. The molecule has 1 nitrogen and oxygen atoms in total. The van der Waals surface area contributed by atoms with Crippen LogP contribution < -0.4 is 5.32 Å². The molecular formula is C14H16ClF4N. The van der Waals surface area contributed by atoms with Crippen molar-refractivity contribution >= 4 is 11.6 Å². The first-order valence-electron chi connectivity index (χ1n) is 6.60. The molecule has 1 aromatic rings. The smallest absolute Gasteiger partial charge is 0.310 e. The molecule has 1 N–H and O–H groups in total. The number of halogens is 5. The van der Waals surface area contributed by atoms with Crippen molar-refractivity contribution in [3.05, 3.63) is 34.6 Å². The molecule has 0 unspecified atom stereocenters. The van der Waals surface area contributed by atoms with Gasteiger partial charge in [0, 0.05) is 12.6 Å². The first-order chi connectivity index (χ1) is 9.36. The van der Waals surface area contributed by atoms with Crippen LogP contribution in [0.25, 0.3) is 0 Å². The highest BCUT2D eigenvalue weighted by Crippen LogP contribution is 2.37. The van der Waals surface area contributed by atoms with Crippen LogP contribution in [0.3, 0.4) is 0 Å². The van der Waals surface area contributed by atoms with Crippen LogP contribution in [0.4, 0.5) is 17.6 Å². The van der Waals surface area contributed by atoms with Gasteiger partial charge in [-0.2, -0.15) is 13.2 Å². The minimum atomic E-state index is -4.07. The average Bonchev–Trinajstić information content (AvgIpc) is 2.40. The number of hydrogen-bond donors (Lipinski definition) is 1. The lowest BCUT2D eigenvalue weighted by Crippen LogP contribution is -2.36. The summed E-state index contributed by atoms with van der Waals surface area (Å²) >= 11 is 5.68. The molecule has 112 valence electrons. The van der Waals surface area contributed by atoms with Gasteiger partial charge in [-0.3, -0.25) is 0 Å². The lowest BCUT2D eigenvalue weighted by atomic mass is 9.85. The van der Waals surface area contributed by atoms with Gasteiger partial charge in [0.05, 0.1) is 10.9 Å². The van der Waals surface area contributed by atoms with Gasteiger partial charge >= 0.3 is 6.18 Å². The van der Waals surface area contributed by atoms with Crippen LogP contribution >= 0.6 is 11.6 Å². The van der Waals surface area contributed by atoms with Crippen LogP contribution in [0.15, 0.2) is 18.2 Å². The fourth-order valence-corrected chi connectivity index (χ4v) is 2.74. The van der Waals surface area contributed by atoms with Crippen LogP contribution in [0.2, 0.25) is 5.02 Å². The minimum absolute atomic E-state index is 0.0603. The third-order valence-corrected chi connectivity index (χ3v) is 4.06. The molecule has 0 heterocycles. The normalized spacial score (nSPS) is 23.9. The van der Waals surface area contributed by atoms with Gasteiger partial charge in [0.2, 0.25) is 0 Å². The molecular weight excluding hydrogens is 294 g/mol. The fraction of sp³-hybridized carbons (Fsp3) is 0.571. The molecule has 20 heavy (non-hydrogen) atoms. The Morgan fingerprint density at radius 1 is 1.15 bits per heavy atom. The second-order valence-electron chi connectivity index (χ2n) is 5.22. The van der Waals surface area contributed by atoms with Gasteiger partial charge in [-0.25, -0.2) is 4.39 Å². The van der Waals surface area contributed by atoms with E-state index in [4.69, 9.17) is 11.6 Å². The summed E-state index contributed by atoms with van der Waals surface area (Å²) in [5, 5.41) is 3.27. The number of alkyl halides is 3. The van der Waals surface area contributed by atoms with Gasteiger partial charge in [-0.15, -0.1) is 0 Å². The zero-order valence-electron chi connectivity index (χ0n) is 10.8. The maximum atomic E-state index is 13.0. The van der Waals surface area contributed by atoms with E-state index in [9.17, 15) is 17.6 Å². The van der Waals surface area contributed by atoms with Crippen molar-refractivity contribution < 1.29 is 17.6 Å². The molecule has 0 amide bonds. The summed E-state index contributed by atoms with van der Waals surface area (Å²) in [6.45, 7) is 0.487. The van der Waals surface area contributed by atoms with E-state index in [0.717, 1.165) is 5.56 Å². The summed E-state index contributed by atoms with van der Waals surface area (Å²) in [6, 6.07) is 4.53. The van der Waals surface area contributed by atoms with Crippen molar-refractivity contribution in [1.29, 1.82) is 0 Å². The molecule has 0 aliphatic heterocycles. The van der Waals surface area contributed by atoms with E-state index in [1.165, 1.54) is 12.1 Å². The van der Waals surface area contributed by atoms with E-state index in [2.05, 4.69) is 5.32 Å². The monoisotopic (exact) mass is 309 g/mol. The standard InChI is InChI=1S/C14H16ClF4N/c15-12-7-9(1-6-13(12)16)8-20-11-4-2-10(3-5-11)14(17,18)19/h1,6-7,10-11,20H,2-5,8H2. The second kappa shape index (κ2) is 6.31. The first-order valence-corrected chi connectivity index (χ1v) is 6.98. The Labute approximate surface area is 120 Å². The predicted molar refractivity (Wildman–Crippen MR) is 70.1 cm³/mol. The fourth-order valence-electron chi connectivity index (χ4n) is 2.54. The van der Waals surface area contributed by atoms with Crippen LogP contribution in [0.1, 0.15) is 31.2 Å². The molecule has 0 radical (unpaired) electrons. The number of nitrogens with one attached hydrogen (secondary N) is 1. The van der Waals surface area contributed by atoms with E-state index in [1.807, 2.05) is 0 Å². The topological polar surface area (TPSA) is 12.0 Å². The Hall–Kier alpha value is -0.810. The number of rotatable bonds is 3. The van der Waals surface area contributed by atoms with E-state index >= 15 is 0 Å². The van der Waals surface area contributed by atoms with Gasteiger partial charge in [-0.05, 0) is 43.4 Å². The van der Waals surface area contributed by atoms with Crippen molar-refractivity contribution in [3.63, 3.8) is 0 Å². The van der Waals surface area contributed by atoms with Gasteiger partial charge in [0.15, 0.2) is 0 Å². The molecule has 0 spiro atoms. The molecule has 1 saturated carbocycles. The summed E-state index contributed by atoms with van der Waals surface area (Å²) in [4.78, 5) is 0. The number of benzene rings is 1. The average molecular weight is 310 g/mol. The molecule has 2 rings (SSSR count). The van der Waals surface area contributed by atoms with Gasteiger partial charge < -0.3 is 5.32 Å². The summed E-state index contributed by atoms with van der Waals surface area (Å²) in [7, 11) is 0. The zero-order chi connectivity index (χ0) is 14.8. The van der Waals surface area contributed by atoms with E-state index in [-0.39, 0.29) is 23.9 Å². The third-order valence-electron chi connectivity index (χ3n) is 3.77. The highest BCUT2D eigenvalue weighted by atomic mass is 35.5. The zero-order valence-corrected chi connectivity index (χ0v) is 11.6. The van der Waals surface area contributed by atoms with Crippen molar-refractivity contribution in [3.8, 4) is 0 Å². The second-order valence-corrected chi connectivity index (χ2v) is 5.63. The van der Waals surface area contributed by atoms with Crippen molar-refractivity contribution in [1.82, 2.24) is 5.32 Å². The lowest BCUT2D eigenvalue weighted by Gasteiger charge is -2.30. The molecule has 1 fully saturated rings. The molecule has 0 aromatic heterocycles. The molecule has 1 aliphatic carbocycles. The largest absolute Gasteiger partial charge is 0.391 e. The Morgan fingerprint density at radius 2 is 1.80 bits per heavy atom. The van der Waals surface area contributed by atoms with E-state index in [1.54, 1.807) is 6.07 Å². The summed E-state index contributed by atoms with van der Waals surface area (Å²) in [5.74, 6) is -1.64. The predicted octanol–water partition coefficient (Wildman–Crippen LogP) is 4.69. The van der Waals surface area contributed by atoms with Crippen LogP contribution in [-0.2, 0) is 6.54 Å². The minimum Gasteiger partial charge on any atom is -0.310 e. The lowest BCUT2D eigenvalue weighted by molar-refractivity contribution is -0.182. The van der Waals surface area contributed by atoms with Crippen LogP contribution in [-0.4, -0.2) is 12.2 Å². The summed E-state index contributed by atoms with van der Waals surface area (Å²) < 4.78 is 50.6. The summed E-state index contributed by atoms with van der Waals surface area (Å²) in [6.07, 6.45) is -2.70. The molecule has 0 atom stereocenters. The maximum Gasteiger partial charge on any atom is 0.391 e. The van der Waals surface area contributed by atoms with E-state index in [0.29, 0.717) is 19.4 Å². The highest BCUT2D eigenvalue weighted by Gasteiger charge is 2.41. The Kier molecular flexibility index (Phi) is 4.91.